The fourth-order valence-corrected chi connectivity index (χ4v) is 3.16. The minimum atomic E-state index is -0.118. The summed E-state index contributed by atoms with van der Waals surface area (Å²) in [6, 6.07) is 11.5. The number of rotatable bonds is 4. The second-order valence-electron chi connectivity index (χ2n) is 6.33. The van der Waals surface area contributed by atoms with Crippen LogP contribution in [0.5, 0.6) is 0 Å². The Kier molecular flexibility index (Phi) is 5.39. The van der Waals surface area contributed by atoms with E-state index in [9.17, 15) is 5.26 Å². The van der Waals surface area contributed by atoms with Gasteiger partial charge in [-0.2, -0.15) is 5.26 Å². The number of piperazine rings is 1. The molecule has 1 aromatic rings. The van der Waals surface area contributed by atoms with Crippen molar-refractivity contribution >= 4 is 0 Å². The molecule has 0 bridgehead atoms. The molecule has 1 heterocycles. The molecule has 0 radical (unpaired) electrons. The van der Waals surface area contributed by atoms with Gasteiger partial charge in [0.1, 0.15) is 6.04 Å². The Hall–Kier alpha value is -1.37. The zero-order valence-electron chi connectivity index (χ0n) is 13.7. The quantitative estimate of drug-likeness (QED) is 0.849. The van der Waals surface area contributed by atoms with Crippen LogP contribution in [0.2, 0.25) is 0 Å². The van der Waals surface area contributed by atoms with Crippen molar-refractivity contribution < 1.29 is 0 Å². The van der Waals surface area contributed by atoms with Crippen LogP contribution in [0.1, 0.15) is 50.8 Å². The molecule has 1 aliphatic rings. The van der Waals surface area contributed by atoms with Crippen molar-refractivity contribution in [3.8, 4) is 6.07 Å². The van der Waals surface area contributed by atoms with Gasteiger partial charge >= 0.3 is 0 Å². The molecule has 0 spiro atoms. The topological polar surface area (TPSA) is 30.3 Å². The highest BCUT2D eigenvalue weighted by molar-refractivity contribution is 5.30. The number of likely N-dealkylation sites (N-methyl/N-ethyl adjacent to an activating group) is 1. The number of hydrogen-bond acceptors (Lipinski definition) is 3. The molecule has 2 rings (SSSR count). The van der Waals surface area contributed by atoms with Gasteiger partial charge in [-0.3, -0.25) is 9.80 Å². The van der Waals surface area contributed by atoms with E-state index in [1.807, 2.05) is 0 Å². The Balaban J connectivity index is 2.11. The molecule has 2 atom stereocenters. The second kappa shape index (κ2) is 7.06. The fraction of sp³-hybridized carbons (Fsp3) is 0.611. The van der Waals surface area contributed by atoms with Crippen LogP contribution in [-0.2, 0) is 0 Å². The lowest BCUT2D eigenvalue weighted by Crippen LogP contribution is -2.52. The lowest BCUT2D eigenvalue weighted by atomic mass is 9.98. The van der Waals surface area contributed by atoms with Crippen molar-refractivity contribution in [2.45, 2.75) is 45.7 Å². The van der Waals surface area contributed by atoms with Gasteiger partial charge in [0.15, 0.2) is 0 Å². The van der Waals surface area contributed by atoms with Crippen LogP contribution in [-0.4, -0.2) is 42.0 Å². The van der Waals surface area contributed by atoms with Gasteiger partial charge in [-0.25, -0.2) is 0 Å². The maximum Gasteiger partial charge on any atom is 0.123 e. The van der Waals surface area contributed by atoms with Gasteiger partial charge < -0.3 is 0 Å². The first kappa shape index (κ1) is 16.0. The summed E-state index contributed by atoms with van der Waals surface area (Å²) in [7, 11) is 0. The Bertz CT molecular complexity index is 486. The molecule has 2 unspecified atom stereocenters. The largest absolute Gasteiger partial charge is 0.298 e. The summed E-state index contributed by atoms with van der Waals surface area (Å²) in [5, 5.41) is 9.61. The van der Waals surface area contributed by atoms with E-state index >= 15 is 0 Å². The van der Waals surface area contributed by atoms with E-state index < -0.39 is 0 Å². The normalized spacial score (nSPS) is 22.2. The summed E-state index contributed by atoms with van der Waals surface area (Å²) >= 11 is 0. The van der Waals surface area contributed by atoms with Crippen LogP contribution in [0, 0.1) is 11.3 Å². The van der Waals surface area contributed by atoms with Crippen LogP contribution in [0.15, 0.2) is 24.3 Å². The summed E-state index contributed by atoms with van der Waals surface area (Å²) < 4.78 is 0. The molecular formula is C18H27N3. The zero-order chi connectivity index (χ0) is 15.4. The Labute approximate surface area is 129 Å². The third kappa shape index (κ3) is 3.64. The summed E-state index contributed by atoms with van der Waals surface area (Å²) in [6.07, 6.45) is 0. The highest BCUT2D eigenvalue weighted by Crippen LogP contribution is 2.25. The lowest BCUT2D eigenvalue weighted by molar-refractivity contribution is 0.0730. The summed E-state index contributed by atoms with van der Waals surface area (Å²) in [4.78, 5) is 4.80. The van der Waals surface area contributed by atoms with Gasteiger partial charge in [-0.15, -0.1) is 0 Å². The minimum absolute atomic E-state index is 0.118. The minimum Gasteiger partial charge on any atom is -0.298 e. The number of nitrogens with zero attached hydrogens (tertiary/aromatic N) is 3. The molecule has 21 heavy (non-hydrogen) atoms. The zero-order valence-corrected chi connectivity index (χ0v) is 13.7. The highest BCUT2D eigenvalue weighted by atomic mass is 15.3. The van der Waals surface area contributed by atoms with Crippen molar-refractivity contribution in [1.82, 2.24) is 9.80 Å². The molecule has 3 heteroatoms. The molecule has 114 valence electrons. The molecule has 1 fully saturated rings. The van der Waals surface area contributed by atoms with E-state index in [1.165, 1.54) is 5.56 Å². The number of nitriles is 1. The van der Waals surface area contributed by atoms with E-state index in [0.717, 1.165) is 31.7 Å². The van der Waals surface area contributed by atoms with Crippen LogP contribution in [0.25, 0.3) is 0 Å². The summed E-state index contributed by atoms with van der Waals surface area (Å²) in [6.45, 7) is 12.9. The highest BCUT2D eigenvalue weighted by Gasteiger charge is 2.28. The van der Waals surface area contributed by atoms with Gasteiger partial charge in [0.05, 0.1) is 6.07 Å². The smallest absolute Gasteiger partial charge is 0.123 e. The van der Waals surface area contributed by atoms with Crippen molar-refractivity contribution in [3.63, 3.8) is 0 Å². The first-order valence-electron chi connectivity index (χ1n) is 8.04. The lowest BCUT2D eigenvalue weighted by Gasteiger charge is -2.41. The third-order valence-electron chi connectivity index (χ3n) is 4.61. The molecule has 0 aliphatic carbocycles. The van der Waals surface area contributed by atoms with E-state index in [0.29, 0.717) is 12.0 Å². The molecule has 1 aliphatic heterocycles. The Morgan fingerprint density at radius 2 is 1.81 bits per heavy atom. The maximum absolute atomic E-state index is 9.61. The molecule has 0 amide bonds. The number of hydrogen-bond donors (Lipinski definition) is 0. The molecule has 0 N–H and O–H groups in total. The maximum atomic E-state index is 9.61. The second-order valence-corrected chi connectivity index (χ2v) is 6.33. The van der Waals surface area contributed by atoms with Crippen molar-refractivity contribution in [3.05, 3.63) is 35.4 Å². The first-order valence-corrected chi connectivity index (χ1v) is 8.04. The van der Waals surface area contributed by atoms with E-state index in [2.05, 4.69) is 67.8 Å². The van der Waals surface area contributed by atoms with E-state index in [4.69, 9.17) is 0 Å². The molecule has 1 aromatic carbocycles. The SMILES string of the molecule is CCN1CCN(C(C#N)c2ccc(C(C)C)cc2)CC1C. The number of benzene rings is 1. The molecule has 3 nitrogen and oxygen atoms in total. The summed E-state index contributed by atoms with van der Waals surface area (Å²) in [5.74, 6) is 0.535. The Morgan fingerprint density at radius 1 is 1.19 bits per heavy atom. The van der Waals surface area contributed by atoms with Gasteiger partial charge in [-0.1, -0.05) is 45.0 Å². The average Bonchev–Trinajstić information content (AvgIpc) is 2.49. The third-order valence-corrected chi connectivity index (χ3v) is 4.61. The first-order chi connectivity index (χ1) is 10.1. The summed E-state index contributed by atoms with van der Waals surface area (Å²) in [5.41, 5.74) is 2.46. The van der Waals surface area contributed by atoms with Gasteiger partial charge in [-0.05, 0) is 30.5 Å². The van der Waals surface area contributed by atoms with Gasteiger partial charge in [0.2, 0.25) is 0 Å². The van der Waals surface area contributed by atoms with Gasteiger partial charge in [0, 0.05) is 25.7 Å². The van der Waals surface area contributed by atoms with Crippen LogP contribution < -0.4 is 0 Å². The average molecular weight is 285 g/mol. The van der Waals surface area contributed by atoms with E-state index in [-0.39, 0.29) is 6.04 Å². The van der Waals surface area contributed by atoms with Gasteiger partial charge in [0.25, 0.3) is 0 Å². The van der Waals surface area contributed by atoms with Crippen LogP contribution in [0.3, 0.4) is 0 Å². The molecular weight excluding hydrogens is 258 g/mol. The monoisotopic (exact) mass is 285 g/mol. The predicted octanol–water partition coefficient (Wildman–Crippen LogP) is 3.40. The van der Waals surface area contributed by atoms with Crippen LogP contribution in [0.4, 0.5) is 0 Å². The van der Waals surface area contributed by atoms with E-state index in [1.54, 1.807) is 0 Å². The van der Waals surface area contributed by atoms with Crippen molar-refractivity contribution in [2.75, 3.05) is 26.2 Å². The van der Waals surface area contributed by atoms with Crippen LogP contribution >= 0.6 is 0 Å². The fourth-order valence-electron chi connectivity index (χ4n) is 3.16. The predicted molar refractivity (Wildman–Crippen MR) is 87.2 cm³/mol. The molecule has 0 saturated carbocycles. The Morgan fingerprint density at radius 3 is 2.29 bits per heavy atom. The molecule has 1 saturated heterocycles. The van der Waals surface area contributed by atoms with Crippen molar-refractivity contribution in [1.29, 1.82) is 5.26 Å². The standard InChI is InChI=1S/C18H27N3/c1-5-20-10-11-21(13-15(20)4)18(12-19)17-8-6-16(7-9-17)14(2)3/h6-9,14-15,18H,5,10-11,13H2,1-4H3. The molecule has 0 aromatic heterocycles. The van der Waals surface area contributed by atoms with Crippen molar-refractivity contribution in [2.24, 2.45) is 0 Å².